The second kappa shape index (κ2) is 5.66. The predicted molar refractivity (Wildman–Crippen MR) is 68.5 cm³/mol. The first kappa shape index (κ1) is 11.9. The molecule has 88 valence electrons. The molecular formula is C13H13ClN2O. The Hall–Kier alpha value is -1.58. The molecule has 1 aromatic carbocycles. The molecule has 0 atom stereocenters. The van der Waals surface area contributed by atoms with E-state index in [-0.39, 0.29) is 0 Å². The van der Waals surface area contributed by atoms with Crippen molar-refractivity contribution in [2.24, 2.45) is 0 Å². The molecule has 1 aromatic heterocycles. The van der Waals surface area contributed by atoms with Crippen LogP contribution in [0.15, 0.2) is 42.7 Å². The summed E-state index contributed by atoms with van der Waals surface area (Å²) in [6.07, 6.45) is 3.49. The van der Waals surface area contributed by atoms with Gasteiger partial charge in [-0.25, -0.2) is 0 Å². The Kier molecular flexibility index (Phi) is 3.96. The van der Waals surface area contributed by atoms with E-state index in [4.69, 9.17) is 16.3 Å². The van der Waals surface area contributed by atoms with Gasteiger partial charge in [0, 0.05) is 17.8 Å². The summed E-state index contributed by atoms with van der Waals surface area (Å²) in [6, 6.07) is 9.24. The zero-order valence-corrected chi connectivity index (χ0v) is 10.2. The molecule has 1 heterocycles. The minimum absolute atomic E-state index is 0.654. The lowest BCUT2D eigenvalue weighted by molar-refractivity contribution is 0.479. The molecule has 2 aromatic rings. The second-order valence-corrected chi connectivity index (χ2v) is 4.06. The zero-order valence-electron chi connectivity index (χ0n) is 9.48. The van der Waals surface area contributed by atoms with Crippen molar-refractivity contribution in [2.75, 3.05) is 7.05 Å². The van der Waals surface area contributed by atoms with Gasteiger partial charge in [-0.2, -0.15) is 0 Å². The smallest absolute Gasteiger partial charge is 0.146 e. The fourth-order valence-electron chi connectivity index (χ4n) is 1.49. The fourth-order valence-corrected chi connectivity index (χ4v) is 1.67. The lowest BCUT2D eigenvalue weighted by atomic mass is 10.3. The van der Waals surface area contributed by atoms with Crippen molar-refractivity contribution in [3.05, 3.63) is 53.3 Å². The van der Waals surface area contributed by atoms with Gasteiger partial charge in [0.2, 0.25) is 0 Å². The molecule has 17 heavy (non-hydrogen) atoms. The van der Waals surface area contributed by atoms with Crippen LogP contribution in [-0.2, 0) is 6.54 Å². The molecule has 0 aliphatic heterocycles. The molecule has 0 saturated heterocycles. The Morgan fingerprint density at radius 2 is 2.12 bits per heavy atom. The third kappa shape index (κ3) is 3.44. The maximum atomic E-state index is 5.89. The molecule has 0 aliphatic rings. The number of hydrogen-bond acceptors (Lipinski definition) is 3. The summed E-state index contributed by atoms with van der Waals surface area (Å²) in [5, 5.41) is 3.72. The lowest BCUT2D eigenvalue weighted by Gasteiger charge is -2.07. The van der Waals surface area contributed by atoms with Gasteiger partial charge in [0.15, 0.2) is 0 Å². The molecule has 0 fully saturated rings. The van der Waals surface area contributed by atoms with Crippen LogP contribution in [0.5, 0.6) is 11.5 Å². The molecule has 1 N–H and O–H groups in total. The summed E-state index contributed by atoms with van der Waals surface area (Å²) in [4.78, 5) is 4.12. The van der Waals surface area contributed by atoms with Gasteiger partial charge in [0.1, 0.15) is 11.5 Å². The quantitative estimate of drug-likeness (QED) is 0.902. The molecule has 0 radical (unpaired) electrons. The molecule has 3 nitrogen and oxygen atoms in total. The third-order valence-corrected chi connectivity index (χ3v) is 2.42. The van der Waals surface area contributed by atoms with Gasteiger partial charge in [-0.15, -0.1) is 0 Å². The number of aromatic nitrogens is 1. The minimum atomic E-state index is 0.654. The number of rotatable bonds is 4. The van der Waals surface area contributed by atoms with Crippen LogP contribution in [0.25, 0.3) is 0 Å². The third-order valence-electron chi connectivity index (χ3n) is 2.18. The van der Waals surface area contributed by atoms with Gasteiger partial charge in [-0.3, -0.25) is 4.98 Å². The van der Waals surface area contributed by atoms with Crippen LogP contribution in [0.3, 0.4) is 0 Å². The summed E-state index contributed by atoms with van der Waals surface area (Å²) in [5.74, 6) is 1.42. The largest absolute Gasteiger partial charge is 0.456 e. The van der Waals surface area contributed by atoms with E-state index in [0.29, 0.717) is 16.5 Å². The highest BCUT2D eigenvalue weighted by atomic mass is 35.5. The van der Waals surface area contributed by atoms with Crippen molar-refractivity contribution in [1.82, 2.24) is 10.3 Å². The molecule has 0 unspecified atom stereocenters. The number of ether oxygens (including phenoxy) is 1. The standard InChI is InChI=1S/C13H13ClN2O/c1-15-7-10-5-13(9-16-8-10)17-12-4-2-3-11(14)6-12/h2-6,8-9,15H,7H2,1H3. The van der Waals surface area contributed by atoms with Crippen LogP contribution in [0, 0.1) is 0 Å². The van der Waals surface area contributed by atoms with Crippen molar-refractivity contribution in [2.45, 2.75) is 6.54 Å². The van der Waals surface area contributed by atoms with Gasteiger partial charge in [-0.1, -0.05) is 17.7 Å². The minimum Gasteiger partial charge on any atom is -0.456 e. The molecule has 4 heteroatoms. The number of nitrogens with one attached hydrogen (secondary N) is 1. The maximum Gasteiger partial charge on any atom is 0.146 e. The Labute approximate surface area is 105 Å². The van der Waals surface area contributed by atoms with Gasteiger partial charge in [0.25, 0.3) is 0 Å². The SMILES string of the molecule is CNCc1cncc(Oc2cccc(Cl)c2)c1. The predicted octanol–water partition coefficient (Wildman–Crippen LogP) is 3.25. The zero-order chi connectivity index (χ0) is 12.1. The van der Waals surface area contributed by atoms with Crippen molar-refractivity contribution >= 4 is 11.6 Å². The van der Waals surface area contributed by atoms with Crippen LogP contribution >= 0.6 is 11.6 Å². The van der Waals surface area contributed by atoms with Crippen molar-refractivity contribution in [1.29, 1.82) is 0 Å². The summed E-state index contributed by atoms with van der Waals surface area (Å²) in [7, 11) is 1.89. The summed E-state index contributed by atoms with van der Waals surface area (Å²) in [6.45, 7) is 0.764. The van der Waals surface area contributed by atoms with E-state index in [1.165, 1.54) is 0 Å². The fraction of sp³-hybridized carbons (Fsp3) is 0.154. The van der Waals surface area contributed by atoms with E-state index in [1.807, 2.05) is 31.3 Å². The monoisotopic (exact) mass is 248 g/mol. The number of benzene rings is 1. The van der Waals surface area contributed by atoms with Crippen LogP contribution in [0.2, 0.25) is 5.02 Å². The Bertz CT molecular complexity index is 502. The summed E-state index contributed by atoms with van der Waals surface area (Å²) in [5.41, 5.74) is 1.08. The number of nitrogens with zero attached hydrogens (tertiary/aromatic N) is 1. The Morgan fingerprint density at radius 1 is 1.24 bits per heavy atom. The number of hydrogen-bond donors (Lipinski definition) is 1. The van der Waals surface area contributed by atoms with Gasteiger partial charge >= 0.3 is 0 Å². The van der Waals surface area contributed by atoms with E-state index in [9.17, 15) is 0 Å². The molecule has 0 spiro atoms. The van der Waals surface area contributed by atoms with E-state index in [0.717, 1.165) is 12.1 Å². The van der Waals surface area contributed by atoms with Crippen LogP contribution in [0.4, 0.5) is 0 Å². The van der Waals surface area contributed by atoms with E-state index in [2.05, 4.69) is 10.3 Å². The summed E-state index contributed by atoms with van der Waals surface area (Å²) < 4.78 is 5.67. The molecule has 0 bridgehead atoms. The normalized spacial score (nSPS) is 10.2. The van der Waals surface area contributed by atoms with Gasteiger partial charge in [0.05, 0.1) is 6.20 Å². The van der Waals surface area contributed by atoms with E-state index in [1.54, 1.807) is 18.5 Å². The van der Waals surface area contributed by atoms with Gasteiger partial charge in [-0.05, 0) is 36.9 Å². The number of pyridine rings is 1. The number of halogens is 1. The first-order chi connectivity index (χ1) is 8.28. The topological polar surface area (TPSA) is 34.2 Å². The average molecular weight is 249 g/mol. The molecule has 0 aliphatic carbocycles. The highest BCUT2D eigenvalue weighted by Gasteiger charge is 2.00. The van der Waals surface area contributed by atoms with Crippen molar-refractivity contribution < 1.29 is 4.74 Å². The van der Waals surface area contributed by atoms with Crippen molar-refractivity contribution in [3.8, 4) is 11.5 Å². The molecular weight excluding hydrogens is 236 g/mol. The van der Waals surface area contributed by atoms with Crippen LogP contribution < -0.4 is 10.1 Å². The highest BCUT2D eigenvalue weighted by molar-refractivity contribution is 6.30. The lowest BCUT2D eigenvalue weighted by Crippen LogP contribution is -2.05. The molecule has 0 amide bonds. The van der Waals surface area contributed by atoms with Gasteiger partial charge < -0.3 is 10.1 Å². The maximum absolute atomic E-state index is 5.89. The summed E-state index contributed by atoms with van der Waals surface area (Å²) >= 11 is 5.89. The van der Waals surface area contributed by atoms with Crippen LogP contribution in [0.1, 0.15) is 5.56 Å². The van der Waals surface area contributed by atoms with Crippen LogP contribution in [-0.4, -0.2) is 12.0 Å². The first-order valence-electron chi connectivity index (χ1n) is 5.30. The average Bonchev–Trinajstić information content (AvgIpc) is 2.30. The second-order valence-electron chi connectivity index (χ2n) is 3.62. The molecule has 0 saturated carbocycles. The Balaban J connectivity index is 2.15. The van der Waals surface area contributed by atoms with E-state index < -0.39 is 0 Å². The van der Waals surface area contributed by atoms with E-state index >= 15 is 0 Å². The molecule has 2 rings (SSSR count). The first-order valence-corrected chi connectivity index (χ1v) is 5.67. The van der Waals surface area contributed by atoms with Crippen molar-refractivity contribution in [3.63, 3.8) is 0 Å². The Morgan fingerprint density at radius 3 is 2.88 bits per heavy atom. The highest BCUT2D eigenvalue weighted by Crippen LogP contribution is 2.23.